The molecule has 0 heterocycles. The summed E-state index contributed by atoms with van der Waals surface area (Å²) in [4.78, 5) is 0. The van der Waals surface area contributed by atoms with Gasteiger partial charge in [-0.2, -0.15) is 0 Å². The van der Waals surface area contributed by atoms with Crippen molar-refractivity contribution in [1.29, 1.82) is 0 Å². The summed E-state index contributed by atoms with van der Waals surface area (Å²) in [5.41, 5.74) is 0.762. The Labute approximate surface area is 85.3 Å². The normalized spacial score (nSPS) is 13.1. The Morgan fingerprint density at radius 2 is 2.29 bits per heavy atom. The SMILES string of the molecule is COc1cc(C=C[S+](N)[O-])ccc1O. The minimum Gasteiger partial charge on any atom is -0.594 e. The van der Waals surface area contributed by atoms with E-state index < -0.39 is 11.4 Å². The standard InChI is InChI=1S/C9H11NO3S/c1-13-9-6-7(2-3-8(9)11)4-5-14(10)12/h2-6,11H,10H2,1H3. The summed E-state index contributed by atoms with van der Waals surface area (Å²) in [6.07, 6.45) is 1.60. The van der Waals surface area contributed by atoms with E-state index in [9.17, 15) is 9.66 Å². The van der Waals surface area contributed by atoms with Gasteiger partial charge in [-0.15, -0.1) is 5.14 Å². The zero-order chi connectivity index (χ0) is 10.6. The molecule has 1 unspecified atom stereocenters. The van der Waals surface area contributed by atoms with Crippen LogP contribution in [0.4, 0.5) is 0 Å². The van der Waals surface area contributed by atoms with Gasteiger partial charge in [-0.1, -0.05) is 6.07 Å². The number of methoxy groups -OCH3 is 1. The van der Waals surface area contributed by atoms with Gasteiger partial charge in [0.1, 0.15) is 5.41 Å². The van der Waals surface area contributed by atoms with E-state index >= 15 is 0 Å². The first-order valence-electron chi connectivity index (χ1n) is 3.83. The van der Waals surface area contributed by atoms with Crippen LogP contribution in [0.2, 0.25) is 0 Å². The molecule has 76 valence electrons. The molecule has 0 fully saturated rings. The Morgan fingerprint density at radius 1 is 1.57 bits per heavy atom. The van der Waals surface area contributed by atoms with Gasteiger partial charge in [0.25, 0.3) is 0 Å². The number of nitrogens with two attached hydrogens (primary N) is 1. The first-order valence-corrected chi connectivity index (χ1v) is 5.11. The Bertz CT molecular complexity index is 339. The summed E-state index contributed by atoms with van der Waals surface area (Å²) >= 11 is -1.46. The summed E-state index contributed by atoms with van der Waals surface area (Å²) in [5.74, 6) is 0.438. The highest BCUT2D eigenvalue weighted by atomic mass is 32.2. The fraction of sp³-hybridized carbons (Fsp3) is 0.111. The number of aromatic hydroxyl groups is 1. The topological polar surface area (TPSA) is 78.5 Å². The maximum Gasteiger partial charge on any atom is 0.161 e. The van der Waals surface area contributed by atoms with Crippen molar-refractivity contribution in [3.8, 4) is 11.5 Å². The molecule has 0 bridgehead atoms. The second-order valence-corrected chi connectivity index (χ2v) is 3.49. The minimum absolute atomic E-state index is 0.0681. The van der Waals surface area contributed by atoms with Gasteiger partial charge >= 0.3 is 0 Å². The molecule has 0 aliphatic heterocycles. The van der Waals surface area contributed by atoms with Crippen molar-refractivity contribution in [2.45, 2.75) is 0 Å². The maximum atomic E-state index is 10.6. The molecule has 4 nitrogen and oxygen atoms in total. The zero-order valence-electron chi connectivity index (χ0n) is 7.64. The fourth-order valence-corrected chi connectivity index (χ4v) is 1.23. The second-order valence-electron chi connectivity index (χ2n) is 2.56. The molecule has 1 rings (SSSR count). The van der Waals surface area contributed by atoms with E-state index in [-0.39, 0.29) is 5.75 Å². The lowest BCUT2D eigenvalue weighted by Crippen LogP contribution is -2.06. The third-order valence-electron chi connectivity index (χ3n) is 1.60. The second kappa shape index (κ2) is 4.90. The average molecular weight is 213 g/mol. The van der Waals surface area contributed by atoms with E-state index in [1.54, 1.807) is 18.2 Å². The van der Waals surface area contributed by atoms with Gasteiger partial charge in [-0.05, 0) is 23.8 Å². The third-order valence-corrected chi connectivity index (χ3v) is 2.00. The van der Waals surface area contributed by atoms with Gasteiger partial charge < -0.3 is 14.4 Å². The van der Waals surface area contributed by atoms with Gasteiger partial charge in [0.05, 0.1) is 18.5 Å². The summed E-state index contributed by atoms with van der Waals surface area (Å²) in [6, 6.07) is 4.79. The van der Waals surface area contributed by atoms with Crippen molar-refractivity contribution in [2.75, 3.05) is 7.11 Å². The molecule has 14 heavy (non-hydrogen) atoms. The van der Waals surface area contributed by atoms with E-state index in [1.807, 2.05) is 0 Å². The fourth-order valence-electron chi connectivity index (χ4n) is 0.944. The molecule has 1 aromatic carbocycles. The number of ether oxygens (including phenoxy) is 1. The number of benzene rings is 1. The predicted molar refractivity (Wildman–Crippen MR) is 56.0 cm³/mol. The van der Waals surface area contributed by atoms with Crippen LogP contribution in [0.1, 0.15) is 5.56 Å². The summed E-state index contributed by atoms with van der Waals surface area (Å²) < 4.78 is 15.5. The summed E-state index contributed by atoms with van der Waals surface area (Å²) in [6.45, 7) is 0. The Hall–Kier alpha value is -1.17. The number of hydrogen-bond donors (Lipinski definition) is 2. The molecular weight excluding hydrogens is 202 g/mol. The van der Waals surface area contributed by atoms with Crippen LogP contribution in [0.15, 0.2) is 23.6 Å². The highest BCUT2D eigenvalue weighted by molar-refractivity contribution is 7.92. The van der Waals surface area contributed by atoms with Crippen LogP contribution in [0.3, 0.4) is 0 Å². The Kier molecular flexibility index (Phi) is 3.82. The van der Waals surface area contributed by atoms with Crippen molar-refractivity contribution in [3.05, 3.63) is 29.2 Å². The van der Waals surface area contributed by atoms with E-state index in [0.29, 0.717) is 5.75 Å². The lowest BCUT2D eigenvalue weighted by Gasteiger charge is -2.03. The highest BCUT2D eigenvalue weighted by Crippen LogP contribution is 2.26. The molecule has 0 aliphatic rings. The van der Waals surface area contributed by atoms with Crippen molar-refractivity contribution >= 4 is 17.4 Å². The predicted octanol–water partition coefficient (Wildman–Crippen LogP) is 0.994. The minimum atomic E-state index is -1.46. The van der Waals surface area contributed by atoms with Gasteiger partial charge in [-0.3, -0.25) is 0 Å². The van der Waals surface area contributed by atoms with Crippen molar-refractivity contribution < 1.29 is 14.4 Å². The smallest absolute Gasteiger partial charge is 0.161 e. The van der Waals surface area contributed by atoms with Crippen LogP contribution < -0.4 is 9.88 Å². The average Bonchev–Trinajstić information content (AvgIpc) is 2.16. The van der Waals surface area contributed by atoms with E-state index in [1.165, 1.54) is 18.6 Å². The molecule has 5 heteroatoms. The molecule has 0 spiro atoms. The van der Waals surface area contributed by atoms with Crippen LogP contribution in [-0.4, -0.2) is 16.8 Å². The third kappa shape index (κ3) is 2.95. The number of rotatable bonds is 3. The maximum absolute atomic E-state index is 10.6. The van der Waals surface area contributed by atoms with Crippen LogP contribution >= 0.6 is 0 Å². The number of phenolic OH excluding ortho intramolecular Hbond substituents is 1. The molecule has 0 radical (unpaired) electrons. The molecular formula is C9H11NO3S. The van der Waals surface area contributed by atoms with E-state index in [0.717, 1.165) is 5.56 Å². The molecule has 0 aromatic heterocycles. The van der Waals surface area contributed by atoms with Gasteiger partial charge in [-0.25, -0.2) is 0 Å². The lowest BCUT2D eigenvalue weighted by molar-refractivity contribution is 0.373. The zero-order valence-corrected chi connectivity index (χ0v) is 8.45. The van der Waals surface area contributed by atoms with Gasteiger partial charge in [0.15, 0.2) is 11.5 Å². The Morgan fingerprint density at radius 3 is 2.86 bits per heavy atom. The first-order chi connectivity index (χ1) is 6.63. The molecule has 0 amide bonds. The number of phenols is 1. The van der Waals surface area contributed by atoms with Crippen molar-refractivity contribution in [3.63, 3.8) is 0 Å². The molecule has 1 aromatic rings. The lowest BCUT2D eigenvalue weighted by atomic mass is 10.2. The molecule has 0 saturated heterocycles. The first kappa shape index (κ1) is 10.9. The largest absolute Gasteiger partial charge is 0.594 e. The van der Waals surface area contributed by atoms with E-state index in [4.69, 9.17) is 9.88 Å². The van der Waals surface area contributed by atoms with Crippen molar-refractivity contribution in [1.82, 2.24) is 0 Å². The van der Waals surface area contributed by atoms with Crippen LogP contribution in [0.5, 0.6) is 11.5 Å². The molecule has 0 aliphatic carbocycles. The van der Waals surface area contributed by atoms with Gasteiger partial charge in [0, 0.05) is 0 Å². The van der Waals surface area contributed by atoms with Crippen LogP contribution in [0, 0.1) is 0 Å². The van der Waals surface area contributed by atoms with Gasteiger partial charge in [0.2, 0.25) is 0 Å². The van der Waals surface area contributed by atoms with Crippen LogP contribution in [0.25, 0.3) is 6.08 Å². The summed E-state index contributed by atoms with van der Waals surface area (Å²) in [7, 11) is 1.46. The highest BCUT2D eigenvalue weighted by Gasteiger charge is 2.00. The van der Waals surface area contributed by atoms with E-state index in [2.05, 4.69) is 0 Å². The molecule has 0 saturated carbocycles. The summed E-state index contributed by atoms with van der Waals surface area (Å²) in [5, 5.41) is 15.7. The molecule has 1 atom stereocenters. The van der Waals surface area contributed by atoms with Crippen LogP contribution in [-0.2, 0) is 11.4 Å². The molecule has 3 N–H and O–H groups in total. The monoisotopic (exact) mass is 213 g/mol. The Balaban J connectivity index is 2.89. The van der Waals surface area contributed by atoms with Crippen molar-refractivity contribution in [2.24, 2.45) is 5.14 Å². The number of hydrogen-bond acceptors (Lipinski definition) is 4. The quantitative estimate of drug-likeness (QED) is 0.734.